The molecule has 0 heterocycles. The zero-order valence-electron chi connectivity index (χ0n) is 14.7. The van der Waals surface area contributed by atoms with Gasteiger partial charge < -0.3 is 9.84 Å². The highest BCUT2D eigenvalue weighted by Gasteiger charge is 2.22. The van der Waals surface area contributed by atoms with Crippen LogP contribution in [0.5, 0.6) is 5.75 Å². The first-order valence-electron chi connectivity index (χ1n) is 8.44. The van der Waals surface area contributed by atoms with E-state index >= 15 is 0 Å². The average molecular weight is 318 g/mol. The van der Waals surface area contributed by atoms with Gasteiger partial charge in [0.05, 0.1) is 0 Å². The quantitative estimate of drug-likeness (QED) is 0.636. The van der Waals surface area contributed by atoms with Gasteiger partial charge in [0.25, 0.3) is 6.47 Å². The molecule has 1 saturated carbocycles. The van der Waals surface area contributed by atoms with E-state index in [9.17, 15) is 4.79 Å². The van der Waals surface area contributed by atoms with E-state index in [-0.39, 0.29) is 6.61 Å². The van der Waals surface area contributed by atoms with Gasteiger partial charge in [-0.2, -0.15) is 0 Å². The van der Waals surface area contributed by atoms with E-state index in [1.54, 1.807) is 0 Å². The van der Waals surface area contributed by atoms with Crippen LogP contribution in [0.25, 0.3) is 0 Å². The molecule has 0 bridgehead atoms. The first-order valence-corrected chi connectivity index (χ1v) is 8.44. The van der Waals surface area contributed by atoms with Gasteiger partial charge in [-0.25, -0.2) is 0 Å². The number of ether oxygens (including phenoxy) is 1. The molecular formula is C20H30O3. The number of allylic oxidation sites excluding steroid dienone is 1. The highest BCUT2D eigenvalue weighted by atomic mass is 16.5. The third kappa shape index (κ3) is 7.00. The van der Waals surface area contributed by atoms with Crippen LogP contribution < -0.4 is 4.74 Å². The molecule has 0 spiro atoms. The van der Waals surface area contributed by atoms with Crippen molar-refractivity contribution >= 4 is 6.47 Å². The molecule has 3 heteroatoms. The van der Waals surface area contributed by atoms with Crippen molar-refractivity contribution in [3.63, 3.8) is 0 Å². The molecule has 3 nitrogen and oxygen atoms in total. The van der Waals surface area contributed by atoms with Crippen molar-refractivity contribution in [2.45, 2.75) is 58.8 Å². The molecular weight excluding hydrogens is 288 g/mol. The fraction of sp³-hybridized carbons (Fsp3) is 0.550. The second-order valence-corrected chi connectivity index (χ2v) is 6.72. The topological polar surface area (TPSA) is 46.5 Å². The Labute approximate surface area is 140 Å². The SMILES string of the molecule is C=C(C)C.CC1CCC(c2ccc(CCO)cc2OC=O)CC1. The molecule has 2 rings (SSSR count). The molecule has 0 aromatic heterocycles. The summed E-state index contributed by atoms with van der Waals surface area (Å²) in [4.78, 5) is 10.7. The van der Waals surface area contributed by atoms with Gasteiger partial charge in [0.1, 0.15) is 5.75 Å². The normalized spacial score (nSPS) is 20.2. The van der Waals surface area contributed by atoms with Crippen LogP contribution in [0.2, 0.25) is 0 Å². The minimum atomic E-state index is 0.112. The molecule has 1 aliphatic carbocycles. The lowest BCUT2D eigenvalue weighted by Gasteiger charge is -2.27. The van der Waals surface area contributed by atoms with E-state index in [1.165, 1.54) is 18.4 Å². The highest BCUT2D eigenvalue weighted by molar-refractivity contribution is 5.50. The Morgan fingerprint density at radius 1 is 1.30 bits per heavy atom. The van der Waals surface area contributed by atoms with Crippen molar-refractivity contribution in [2.24, 2.45) is 5.92 Å². The molecule has 1 fully saturated rings. The second-order valence-electron chi connectivity index (χ2n) is 6.72. The molecule has 0 aliphatic heterocycles. The largest absolute Gasteiger partial charge is 0.428 e. The van der Waals surface area contributed by atoms with E-state index in [0.29, 0.717) is 24.6 Å². The van der Waals surface area contributed by atoms with Crippen LogP contribution >= 0.6 is 0 Å². The Bertz CT molecular complexity index is 496. The number of hydrogen-bond donors (Lipinski definition) is 1. The molecule has 0 unspecified atom stereocenters. The molecule has 1 aromatic carbocycles. The van der Waals surface area contributed by atoms with Crippen LogP contribution in [-0.4, -0.2) is 18.2 Å². The highest BCUT2D eigenvalue weighted by Crippen LogP contribution is 2.39. The Balaban J connectivity index is 0.000000593. The van der Waals surface area contributed by atoms with Crippen molar-refractivity contribution in [1.29, 1.82) is 0 Å². The predicted octanol–water partition coefficient (Wildman–Crippen LogP) is 4.63. The van der Waals surface area contributed by atoms with Gasteiger partial charge in [0.15, 0.2) is 0 Å². The third-order valence-electron chi connectivity index (χ3n) is 4.11. The number of carbonyl (C=O) groups is 1. The first kappa shape index (κ1) is 19.4. The monoisotopic (exact) mass is 318 g/mol. The third-order valence-corrected chi connectivity index (χ3v) is 4.11. The van der Waals surface area contributed by atoms with E-state index in [0.717, 1.165) is 29.9 Å². The predicted molar refractivity (Wildman–Crippen MR) is 94.8 cm³/mol. The van der Waals surface area contributed by atoms with E-state index in [4.69, 9.17) is 9.84 Å². The maximum Gasteiger partial charge on any atom is 0.298 e. The number of benzene rings is 1. The average Bonchev–Trinajstić information content (AvgIpc) is 2.49. The number of aliphatic hydroxyl groups excluding tert-OH is 1. The molecule has 0 atom stereocenters. The van der Waals surface area contributed by atoms with Crippen LogP contribution in [0.3, 0.4) is 0 Å². The van der Waals surface area contributed by atoms with Crippen LogP contribution in [0.15, 0.2) is 30.4 Å². The number of aliphatic hydroxyl groups is 1. The maximum absolute atomic E-state index is 10.7. The van der Waals surface area contributed by atoms with E-state index in [2.05, 4.69) is 19.6 Å². The number of hydrogen-bond acceptors (Lipinski definition) is 3. The fourth-order valence-electron chi connectivity index (χ4n) is 2.93. The molecule has 23 heavy (non-hydrogen) atoms. The van der Waals surface area contributed by atoms with Crippen molar-refractivity contribution in [2.75, 3.05) is 6.61 Å². The molecule has 128 valence electrons. The summed E-state index contributed by atoms with van der Waals surface area (Å²) in [5, 5.41) is 8.98. The summed E-state index contributed by atoms with van der Waals surface area (Å²) in [6, 6.07) is 5.98. The lowest BCUT2D eigenvalue weighted by molar-refractivity contribution is -0.120. The van der Waals surface area contributed by atoms with Gasteiger partial charge in [0.2, 0.25) is 0 Å². The summed E-state index contributed by atoms with van der Waals surface area (Å²) in [5.41, 5.74) is 3.31. The zero-order chi connectivity index (χ0) is 17.2. The first-order chi connectivity index (χ1) is 11.0. The summed E-state index contributed by atoms with van der Waals surface area (Å²) >= 11 is 0. The van der Waals surface area contributed by atoms with Gasteiger partial charge >= 0.3 is 0 Å². The number of rotatable bonds is 5. The summed E-state index contributed by atoms with van der Waals surface area (Å²) in [5.74, 6) is 1.97. The van der Waals surface area contributed by atoms with Crippen LogP contribution in [0.1, 0.15) is 63.5 Å². The molecule has 1 N–H and O–H groups in total. The molecule has 1 aromatic rings. The van der Waals surface area contributed by atoms with Gasteiger partial charge in [-0.05, 0) is 62.1 Å². The van der Waals surface area contributed by atoms with Crippen LogP contribution in [-0.2, 0) is 11.2 Å². The standard InChI is InChI=1S/C16H22O3.C4H8/c1-12-2-5-14(6-3-12)15-7-4-13(8-9-17)10-16(15)19-11-18;1-4(2)3/h4,7,10-12,14,17H,2-3,5-6,8-9H2,1H3;1H2,2-3H3. The summed E-state index contributed by atoms with van der Waals surface area (Å²) in [6.45, 7) is 10.4. The van der Waals surface area contributed by atoms with Crippen LogP contribution in [0.4, 0.5) is 0 Å². The van der Waals surface area contributed by atoms with Crippen molar-refractivity contribution in [3.8, 4) is 5.75 Å². The Kier molecular flexibility index (Phi) is 8.64. The van der Waals surface area contributed by atoms with Gasteiger partial charge in [-0.15, -0.1) is 6.58 Å². The number of carbonyl (C=O) groups excluding carboxylic acids is 1. The lowest BCUT2D eigenvalue weighted by Crippen LogP contribution is -2.12. The second kappa shape index (κ2) is 10.2. The zero-order valence-corrected chi connectivity index (χ0v) is 14.7. The van der Waals surface area contributed by atoms with Crippen molar-refractivity contribution < 1.29 is 14.6 Å². The fourth-order valence-corrected chi connectivity index (χ4v) is 2.93. The summed E-state index contributed by atoms with van der Waals surface area (Å²) in [7, 11) is 0. The molecule has 0 saturated heterocycles. The summed E-state index contributed by atoms with van der Waals surface area (Å²) in [6.07, 6.45) is 5.40. The smallest absolute Gasteiger partial charge is 0.298 e. The lowest BCUT2D eigenvalue weighted by atomic mass is 9.79. The minimum absolute atomic E-state index is 0.112. The van der Waals surface area contributed by atoms with Crippen LogP contribution in [0, 0.1) is 5.92 Å². The van der Waals surface area contributed by atoms with Gasteiger partial charge in [0, 0.05) is 6.61 Å². The Morgan fingerprint density at radius 2 is 1.91 bits per heavy atom. The van der Waals surface area contributed by atoms with Gasteiger partial charge in [-0.3, -0.25) is 4.79 Å². The molecule has 0 amide bonds. The Hall–Kier alpha value is -1.61. The van der Waals surface area contributed by atoms with Gasteiger partial charge in [-0.1, -0.05) is 37.5 Å². The van der Waals surface area contributed by atoms with E-state index in [1.807, 2.05) is 26.0 Å². The molecule has 1 aliphatic rings. The maximum atomic E-state index is 10.7. The van der Waals surface area contributed by atoms with E-state index < -0.39 is 0 Å². The summed E-state index contributed by atoms with van der Waals surface area (Å²) < 4.78 is 5.14. The minimum Gasteiger partial charge on any atom is -0.428 e. The van der Waals surface area contributed by atoms with Crippen molar-refractivity contribution in [1.82, 2.24) is 0 Å². The Morgan fingerprint density at radius 3 is 2.43 bits per heavy atom. The molecule has 0 radical (unpaired) electrons. The van der Waals surface area contributed by atoms with Crippen molar-refractivity contribution in [3.05, 3.63) is 41.5 Å².